The molecule has 2 fully saturated rings. The maximum Gasteiger partial charge on any atom is 0.270 e. The van der Waals surface area contributed by atoms with Gasteiger partial charge in [-0.1, -0.05) is 18.2 Å². The molecule has 2 aliphatic rings. The first-order valence-corrected chi connectivity index (χ1v) is 9.91. The number of rotatable bonds is 4. The summed E-state index contributed by atoms with van der Waals surface area (Å²) in [6, 6.07) is 11.2. The van der Waals surface area contributed by atoms with Gasteiger partial charge in [0, 0.05) is 19.3 Å². The number of halogens is 1. The fourth-order valence-electron chi connectivity index (χ4n) is 4.09. The molecule has 1 N–H and O–H groups in total. The fourth-order valence-corrected chi connectivity index (χ4v) is 4.09. The van der Waals surface area contributed by atoms with Gasteiger partial charge in [0.15, 0.2) is 0 Å². The SMILES string of the molecule is O=C(N[C@@H]1COC2(CCN(C(=O)Cc3ccc(F)cc3)CC2)C1)c1ccccn1. The van der Waals surface area contributed by atoms with Gasteiger partial charge in [-0.25, -0.2) is 4.39 Å². The Morgan fingerprint density at radius 2 is 1.93 bits per heavy atom. The summed E-state index contributed by atoms with van der Waals surface area (Å²) in [6.07, 6.45) is 4.11. The summed E-state index contributed by atoms with van der Waals surface area (Å²) < 4.78 is 19.1. The number of benzene rings is 1. The van der Waals surface area contributed by atoms with Gasteiger partial charge < -0.3 is 15.0 Å². The molecule has 0 bridgehead atoms. The molecule has 6 nitrogen and oxygen atoms in total. The fraction of sp³-hybridized carbons (Fsp3) is 0.409. The molecule has 2 amide bonds. The lowest BCUT2D eigenvalue weighted by Gasteiger charge is -2.38. The predicted octanol–water partition coefficient (Wildman–Crippen LogP) is 2.34. The van der Waals surface area contributed by atoms with E-state index in [1.807, 2.05) is 4.90 Å². The monoisotopic (exact) mass is 397 g/mol. The Kier molecular flexibility index (Phi) is 5.58. The van der Waals surface area contributed by atoms with Crippen molar-refractivity contribution in [2.24, 2.45) is 0 Å². The zero-order chi connectivity index (χ0) is 20.3. The summed E-state index contributed by atoms with van der Waals surface area (Å²) in [7, 11) is 0. The third-order valence-corrected chi connectivity index (χ3v) is 5.74. The first-order chi connectivity index (χ1) is 14.0. The summed E-state index contributed by atoms with van der Waals surface area (Å²) in [5, 5.41) is 3.00. The van der Waals surface area contributed by atoms with Crippen LogP contribution in [0, 0.1) is 5.82 Å². The number of nitrogens with zero attached hydrogens (tertiary/aromatic N) is 2. The summed E-state index contributed by atoms with van der Waals surface area (Å²) in [5.74, 6) is -0.447. The Hall–Kier alpha value is -2.80. The Balaban J connectivity index is 1.27. The standard InChI is InChI=1S/C22H24FN3O3/c23-17-6-4-16(5-7-17)13-20(27)26-11-8-22(9-12-26)14-18(15-29-22)25-21(28)19-3-1-2-10-24-19/h1-7,10,18H,8-9,11-15H2,(H,25,28)/t18-/m0/s1. The lowest BCUT2D eigenvalue weighted by molar-refractivity contribution is -0.135. The van der Waals surface area contributed by atoms with Crippen LogP contribution >= 0.6 is 0 Å². The minimum atomic E-state index is -0.302. The van der Waals surface area contributed by atoms with Gasteiger partial charge in [0.1, 0.15) is 11.5 Å². The minimum absolute atomic E-state index is 0.0458. The average molecular weight is 397 g/mol. The number of nitrogens with one attached hydrogen (secondary N) is 1. The number of piperidine rings is 1. The van der Waals surface area contributed by atoms with Gasteiger partial charge >= 0.3 is 0 Å². The second kappa shape index (κ2) is 8.29. The van der Waals surface area contributed by atoms with E-state index in [0.29, 0.717) is 25.4 Å². The van der Waals surface area contributed by atoms with Crippen LogP contribution in [0.25, 0.3) is 0 Å². The number of carbonyl (C=O) groups is 2. The van der Waals surface area contributed by atoms with Crippen molar-refractivity contribution in [1.29, 1.82) is 0 Å². The molecular formula is C22H24FN3O3. The van der Waals surface area contributed by atoms with E-state index in [9.17, 15) is 14.0 Å². The lowest BCUT2D eigenvalue weighted by Crippen LogP contribution is -2.47. The molecule has 2 aromatic rings. The smallest absolute Gasteiger partial charge is 0.270 e. The van der Waals surface area contributed by atoms with Crippen molar-refractivity contribution in [2.45, 2.75) is 37.3 Å². The quantitative estimate of drug-likeness (QED) is 0.860. The van der Waals surface area contributed by atoms with Gasteiger partial charge in [0.2, 0.25) is 5.91 Å². The number of amides is 2. The van der Waals surface area contributed by atoms with Crippen molar-refractivity contribution in [3.05, 3.63) is 65.7 Å². The number of carbonyl (C=O) groups excluding carboxylic acids is 2. The minimum Gasteiger partial charge on any atom is -0.373 e. The zero-order valence-electron chi connectivity index (χ0n) is 16.1. The van der Waals surface area contributed by atoms with E-state index >= 15 is 0 Å². The van der Waals surface area contributed by atoms with Crippen LogP contribution in [0.3, 0.4) is 0 Å². The normalized spacial score (nSPS) is 20.6. The van der Waals surface area contributed by atoms with Crippen LogP contribution in [0.1, 0.15) is 35.3 Å². The van der Waals surface area contributed by atoms with Gasteiger partial charge in [-0.2, -0.15) is 0 Å². The van der Waals surface area contributed by atoms with E-state index < -0.39 is 0 Å². The van der Waals surface area contributed by atoms with Crippen molar-refractivity contribution in [1.82, 2.24) is 15.2 Å². The molecule has 1 spiro atoms. The highest BCUT2D eigenvalue weighted by molar-refractivity contribution is 5.92. The molecule has 1 aromatic carbocycles. The summed E-state index contributed by atoms with van der Waals surface area (Å²) in [4.78, 5) is 30.8. The van der Waals surface area contributed by atoms with Crippen LogP contribution in [0.4, 0.5) is 4.39 Å². The molecule has 2 aliphatic heterocycles. The largest absolute Gasteiger partial charge is 0.373 e. The van der Waals surface area contributed by atoms with Crippen LogP contribution in [-0.2, 0) is 16.0 Å². The Morgan fingerprint density at radius 1 is 1.17 bits per heavy atom. The van der Waals surface area contributed by atoms with E-state index in [1.165, 1.54) is 12.1 Å². The van der Waals surface area contributed by atoms with Crippen molar-refractivity contribution in [2.75, 3.05) is 19.7 Å². The first-order valence-electron chi connectivity index (χ1n) is 9.91. The molecule has 1 aromatic heterocycles. The molecule has 0 saturated carbocycles. The van der Waals surface area contributed by atoms with Gasteiger partial charge in [0.05, 0.1) is 24.7 Å². The molecule has 2 saturated heterocycles. The van der Waals surface area contributed by atoms with E-state index in [2.05, 4.69) is 10.3 Å². The molecule has 29 heavy (non-hydrogen) atoms. The molecule has 152 valence electrons. The van der Waals surface area contributed by atoms with Gasteiger partial charge in [0.25, 0.3) is 5.91 Å². The third-order valence-electron chi connectivity index (χ3n) is 5.74. The number of hydrogen-bond acceptors (Lipinski definition) is 4. The van der Waals surface area contributed by atoms with Gasteiger partial charge in [-0.15, -0.1) is 0 Å². The molecule has 1 atom stereocenters. The highest BCUT2D eigenvalue weighted by atomic mass is 19.1. The predicted molar refractivity (Wildman–Crippen MR) is 105 cm³/mol. The first kappa shape index (κ1) is 19.5. The molecule has 4 rings (SSSR count). The van der Waals surface area contributed by atoms with E-state index in [4.69, 9.17) is 4.74 Å². The van der Waals surface area contributed by atoms with Crippen LogP contribution < -0.4 is 5.32 Å². The van der Waals surface area contributed by atoms with Crippen LogP contribution in [-0.4, -0.2) is 53.0 Å². The molecule has 0 unspecified atom stereocenters. The van der Waals surface area contributed by atoms with Gasteiger partial charge in [-0.3, -0.25) is 14.6 Å². The molecule has 3 heterocycles. The Labute approximate surface area is 169 Å². The van der Waals surface area contributed by atoms with Crippen LogP contribution in [0.15, 0.2) is 48.7 Å². The number of aromatic nitrogens is 1. The Morgan fingerprint density at radius 3 is 2.62 bits per heavy atom. The maximum absolute atomic E-state index is 13.0. The van der Waals surface area contributed by atoms with E-state index in [0.717, 1.165) is 24.8 Å². The Bertz CT molecular complexity index is 865. The number of ether oxygens (including phenoxy) is 1. The van der Waals surface area contributed by atoms with E-state index in [-0.39, 0.29) is 35.7 Å². The summed E-state index contributed by atoms with van der Waals surface area (Å²) in [6.45, 7) is 1.73. The molecule has 0 aliphatic carbocycles. The topological polar surface area (TPSA) is 71.5 Å². The second-order valence-electron chi connectivity index (χ2n) is 7.77. The number of pyridine rings is 1. The molecule has 7 heteroatoms. The third kappa shape index (κ3) is 4.62. The maximum atomic E-state index is 13.0. The second-order valence-corrected chi connectivity index (χ2v) is 7.77. The van der Waals surface area contributed by atoms with Crippen LogP contribution in [0.5, 0.6) is 0 Å². The van der Waals surface area contributed by atoms with E-state index in [1.54, 1.807) is 36.5 Å². The zero-order valence-corrected chi connectivity index (χ0v) is 16.1. The van der Waals surface area contributed by atoms with Crippen molar-refractivity contribution < 1.29 is 18.7 Å². The molecule has 0 radical (unpaired) electrons. The lowest BCUT2D eigenvalue weighted by atomic mass is 9.87. The number of likely N-dealkylation sites (tertiary alicyclic amines) is 1. The summed E-state index contributed by atoms with van der Waals surface area (Å²) >= 11 is 0. The van der Waals surface area contributed by atoms with Crippen molar-refractivity contribution in [3.8, 4) is 0 Å². The number of hydrogen-bond donors (Lipinski definition) is 1. The summed E-state index contributed by atoms with van der Waals surface area (Å²) in [5.41, 5.74) is 0.926. The van der Waals surface area contributed by atoms with Gasteiger partial charge in [-0.05, 0) is 49.1 Å². The van der Waals surface area contributed by atoms with Crippen LogP contribution in [0.2, 0.25) is 0 Å². The molecular weight excluding hydrogens is 373 g/mol. The van der Waals surface area contributed by atoms with Crippen molar-refractivity contribution in [3.63, 3.8) is 0 Å². The highest BCUT2D eigenvalue weighted by Crippen LogP contribution is 2.36. The average Bonchev–Trinajstić information content (AvgIpc) is 3.12. The van der Waals surface area contributed by atoms with Crippen molar-refractivity contribution >= 4 is 11.8 Å². The highest BCUT2D eigenvalue weighted by Gasteiger charge is 2.43.